The van der Waals surface area contributed by atoms with Crippen LogP contribution in [0.5, 0.6) is 0 Å². The van der Waals surface area contributed by atoms with E-state index in [1.165, 1.54) is 10.9 Å². The van der Waals surface area contributed by atoms with Crippen molar-refractivity contribution in [2.24, 2.45) is 0 Å². The van der Waals surface area contributed by atoms with Gasteiger partial charge in [0.25, 0.3) is 0 Å². The van der Waals surface area contributed by atoms with Crippen molar-refractivity contribution in [3.05, 3.63) is 71.4 Å². The molecule has 26 heavy (non-hydrogen) atoms. The first-order valence-corrected chi connectivity index (χ1v) is 9.03. The molecule has 1 aliphatic heterocycles. The molecule has 1 fully saturated rings. The van der Waals surface area contributed by atoms with Crippen molar-refractivity contribution >= 4 is 10.9 Å². The Balaban J connectivity index is 1.40. The van der Waals surface area contributed by atoms with Crippen LogP contribution in [0.2, 0.25) is 0 Å². The van der Waals surface area contributed by atoms with Crippen LogP contribution in [-0.2, 0) is 0 Å². The van der Waals surface area contributed by atoms with Gasteiger partial charge in [-0.05, 0) is 61.7 Å². The van der Waals surface area contributed by atoms with E-state index in [4.69, 9.17) is 0 Å². The number of halogens is 2. The third kappa shape index (κ3) is 3.37. The van der Waals surface area contributed by atoms with Gasteiger partial charge in [-0.3, -0.25) is 0 Å². The first-order chi connectivity index (χ1) is 12.6. The van der Waals surface area contributed by atoms with Gasteiger partial charge >= 0.3 is 0 Å². The maximum atomic E-state index is 13.8. The average molecular weight is 356 g/mol. The number of benzene rings is 2. The number of aromatic amines is 1. The number of H-pyrrole nitrogens is 1. The standard InChI is InChI=1S/C21H22F2N2O/c22-15-5-6-19(23)17(11-15)21(26)13-25-9-7-14(8-10-25)18-12-24-20-4-2-1-3-16(18)20/h1-6,11-12,14,21,24,26H,7-10,13H2. The molecule has 3 aromatic rings. The van der Waals surface area contributed by atoms with Gasteiger partial charge < -0.3 is 15.0 Å². The van der Waals surface area contributed by atoms with Crippen LogP contribution in [0, 0.1) is 11.6 Å². The summed E-state index contributed by atoms with van der Waals surface area (Å²) < 4.78 is 27.1. The van der Waals surface area contributed by atoms with E-state index in [0.717, 1.165) is 49.6 Å². The topological polar surface area (TPSA) is 39.3 Å². The zero-order valence-electron chi connectivity index (χ0n) is 14.5. The second-order valence-corrected chi connectivity index (χ2v) is 7.05. The fourth-order valence-corrected chi connectivity index (χ4v) is 3.97. The molecule has 1 atom stereocenters. The molecule has 4 rings (SSSR count). The number of aliphatic hydroxyl groups excluding tert-OH is 1. The molecule has 2 N–H and O–H groups in total. The van der Waals surface area contributed by atoms with Crippen molar-refractivity contribution in [3.8, 4) is 0 Å². The molecule has 1 aliphatic rings. The minimum absolute atomic E-state index is 0.0313. The molecular weight excluding hydrogens is 334 g/mol. The molecular formula is C21H22F2N2O. The monoisotopic (exact) mass is 356 g/mol. The lowest BCUT2D eigenvalue weighted by molar-refractivity contribution is 0.0946. The summed E-state index contributed by atoms with van der Waals surface area (Å²) in [6.07, 6.45) is 3.05. The van der Waals surface area contributed by atoms with E-state index in [0.29, 0.717) is 12.5 Å². The van der Waals surface area contributed by atoms with Gasteiger partial charge in [-0.25, -0.2) is 8.78 Å². The predicted octanol–water partition coefficient (Wildman–Crippen LogP) is 4.36. The Morgan fingerprint density at radius 1 is 1.12 bits per heavy atom. The number of aromatic nitrogens is 1. The van der Waals surface area contributed by atoms with Gasteiger partial charge in [-0.15, -0.1) is 0 Å². The van der Waals surface area contributed by atoms with Crippen LogP contribution < -0.4 is 0 Å². The molecule has 0 radical (unpaired) electrons. The summed E-state index contributed by atoms with van der Waals surface area (Å²) in [5.41, 5.74) is 2.53. The number of fused-ring (bicyclic) bond motifs is 1. The van der Waals surface area contributed by atoms with Gasteiger partial charge in [0.1, 0.15) is 11.6 Å². The summed E-state index contributed by atoms with van der Waals surface area (Å²) in [6, 6.07) is 11.5. The lowest BCUT2D eigenvalue weighted by Crippen LogP contribution is -2.36. The zero-order chi connectivity index (χ0) is 18.1. The SMILES string of the molecule is OC(CN1CCC(c2c[nH]c3ccccc23)CC1)c1cc(F)ccc1F. The summed E-state index contributed by atoms with van der Waals surface area (Å²) in [5.74, 6) is -0.614. The van der Waals surface area contributed by atoms with E-state index in [1.54, 1.807) is 0 Å². The summed E-state index contributed by atoms with van der Waals surface area (Å²) >= 11 is 0. The summed E-state index contributed by atoms with van der Waals surface area (Å²) in [7, 11) is 0. The molecule has 136 valence electrons. The van der Waals surface area contributed by atoms with Crippen molar-refractivity contribution in [2.75, 3.05) is 19.6 Å². The van der Waals surface area contributed by atoms with Crippen LogP contribution in [0.3, 0.4) is 0 Å². The Labute approximate surface area is 151 Å². The summed E-state index contributed by atoms with van der Waals surface area (Å²) in [5, 5.41) is 11.6. The lowest BCUT2D eigenvalue weighted by Gasteiger charge is -2.33. The van der Waals surface area contributed by atoms with Gasteiger partial charge in [0.15, 0.2) is 0 Å². The predicted molar refractivity (Wildman–Crippen MR) is 98.0 cm³/mol. The average Bonchev–Trinajstić information content (AvgIpc) is 3.08. The number of rotatable bonds is 4. The van der Waals surface area contributed by atoms with Crippen molar-refractivity contribution < 1.29 is 13.9 Å². The number of hydrogen-bond acceptors (Lipinski definition) is 2. The van der Waals surface area contributed by atoms with Crippen LogP contribution in [0.15, 0.2) is 48.7 Å². The van der Waals surface area contributed by atoms with Crippen LogP contribution in [0.1, 0.15) is 36.0 Å². The molecule has 1 saturated heterocycles. The molecule has 2 heterocycles. The van der Waals surface area contributed by atoms with E-state index in [2.05, 4.69) is 34.3 Å². The molecule has 0 saturated carbocycles. The van der Waals surface area contributed by atoms with Crippen LogP contribution in [-0.4, -0.2) is 34.6 Å². The van der Waals surface area contributed by atoms with Crippen LogP contribution in [0.25, 0.3) is 10.9 Å². The van der Waals surface area contributed by atoms with Gasteiger partial charge in [0.2, 0.25) is 0 Å². The zero-order valence-corrected chi connectivity index (χ0v) is 14.5. The largest absolute Gasteiger partial charge is 0.387 e. The smallest absolute Gasteiger partial charge is 0.129 e. The third-order valence-corrected chi connectivity index (χ3v) is 5.40. The second-order valence-electron chi connectivity index (χ2n) is 7.05. The minimum Gasteiger partial charge on any atom is -0.387 e. The number of β-amino-alcohol motifs (C(OH)–C–C–N with tert-alkyl or cyclic N) is 1. The van der Waals surface area contributed by atoms with Gasteiger partial charge in [0.05, 0.1) is 6.10 Å². The van der Waals surface area contributed by atoms with Gasteiger partial charge in [-0.2, -0.15) is 0 Å². The van der Waals surface area contributed by atoms with E-state index >= 15 is 0 Å². The van der Waals surface area contributed by atoms with Crippen molar-refractivity contribution in [1.29, 1.82) is 0 Å². The van der Waals surface area contributed by atoms with Crippen molar-refractivity contribution in [3.63, 3.8) is 0 Å². The number of para-hydroxylation sites is 1. The molecule has 1 aromatic heterocycles. The number of piperidine rings is 1. The number of nitrogens with one attached hydrogen (secondary N) is 1. The van der Waals surface area contributed by atoms with Gasteiger partial charge in [-0.1, -0.05) is 18.2 Å². The molecule has 0 amide bonds. The third-order valence-electron chi connectivity index (χ3n) is 5.40. The molecule has 0 spiro atoms. The second kappa shape index (κ2) is 7.17. The highest BCUT2D eigenvalue weighted by Gasteiger charge is 2.25. The van der Waals surface area contributed by atoms with E-state index in [9.17, 15) is 13.9 Å². The number of hydrogen-bond donors (Lipinski definition) is 2. The number of nitrogens with zero attached hydrogens (tertiary/aromatic N) is 1. The lowest BCUT2D eigenvalue weighted by atomic mass is 9.89. The normalized spacial score (nSPS) is 17.7. The van der Waals surface area contributed by atoms with Crippen molar-refractivity contribution in [2.45, 2.75) is 24.9 Å². The fourth-order valence-electron chi connectivity index (χ4n) is 3.97. The van der Waals surface area contributed by atoms with Crippen LogP contribution >= 0.6 is 0 Å². The van der Waals surface area contributed by atoms with E-state index in [1.807, 2.05) is 6.07 Å². The van der Waals surface area contributed by atoms with E-state index in [-0.39, 0.29) is 5.56 Å². The van der Waals surface area contributed by atoms with Crippen LogP contribution in [0.4, 0.5) is 8.78 Å². The maximum absolute atomic E-state index is 13.8. The molecule has 2 aromatic carbocycles. The first kappa shape index (κ1) is 17.2. The first-order valence-electron chi connectivity index (χ1n) is 9.03. The Bertz CT molecular complexity index is 900. The fraction of sp³-hybridized carbons (Fsp3) is 0.333. The minimum atomic E-state index is -1.02. The Morgan fingerprint density at radius 3 is 2.69 bits per heavy atom. The Morgan fingerprint density at radius 2 is 1.88 bits per heavy atom. The highest BCUT2D eigenvalue weighted by atomic mass is 19.1. The molecule has 0 aliphatic carbocycles. The highest BCUT2D eigenvalue weighted by Crippen LogP contribution is 2.33. The molecule has 5 heteroatoms. The number of likely N-dealkylation sites (tertiary alicyclic amines) is 1. The Kier molecular flexibility index (Phi) is 4.74. The molecule has 1 unspecified atom stereocenters. The van der Waals surface area contributed by atoms with E-state index < -0.39 is 17.7 Å². The molecule has 3 nitrogen and oxygen atoms in total. The maximum Gasteiger partial charge on any atom is 0.129 e. The highest BCUT2D eigenvalue weighted by molar-refractivity contribution is 5.83. The van der Waals surface area contributed by atoms with Crippen molar-refractivity contribution in [1.82, 2.24) is 9.88 Å². The summed E-state index contributed by atoms with van der Waals surface area (Å²) in [6.45, 7) is 1.98. The quantitative estimate of drug-likeness (QED) is 0.729. The van der Waals surface area contributed by atoms with Gasteiger partial charge in [0, 0.05) is 29.2 Å². The summed E-state index contributed by atoms with van der Waals surface area (Å²) in [4.78, 5) is 5.46. The molecule has 0 bridgehead atoms. The Hall–Kier alpha value is -2.24. The number of aliphatic hydroxyl groups is 1.